The molecule has 1 aliphatic heterocycles. The minimum atomic E-state index is -0.456. The van der Waals surface area contributed by atoms with Gasteiger partial charge in [0.2, 0.25) is 0 Å². The van der Waals surface area contributed by atoms with E-state index in [0.29, 0.717) is 22.5 Å². The molecule has 0 saturated carbocycles. The summed E-state index contributed by atoms with van der Waals surface area (Å²) in [7, 11) is 1.65. The van der Waals surface area contributed by atoms with Crippen LogP contribution < -0.4 is 4.90 Å². The number of nitro groups is 1. The molecule has 1 aromatic heterocycles. The maximum Gasteiger partial charge on any atom is 0.277 e. The molecule has 2 heterocycles. The first-order valence-electron chi connectivity index (χ1n) is 9.22. The Bertz CT molecular complexity index is 1210. The van der Waals surface area contributed by atoms with Crippen LogP contribution >= 0.6 is 11.8 Å². The van der Waals surface area contributed by atoms with Crippen molar-refractivity contribution in [2.45, 2.75) is 30.6 Å². The van der Waals surface area contributed by atoms with Crippen LogP contribution in [0.15, 0.2) is 51.2 Å². The summed E-state index contributed by atoms with van der Waals surface area (Å²) in [5.41, 5.74) is 4.38. The first-order valence-corrected chi connectivity index (χ1v) is 10.0. The van der Waals surface area contributed by atoms with Crippen molar-refractivity contribution >= 4 is 40.4 Å². The highest BCUT2D eigenvalue weighted by molar-refractivity contribution is 7.99. The number of likely N-dealkylation sites (N-methyl/N-ethyl adjacent to an activating group) is 1. The van der Waals surface area contributed by atoms with Gasteiger partial charge in [-0.2, -0.15) is 5.10 Å². The van der Waals surface area contributed by atoms with E-state index in [1.807, 2.05) is 38.1 Å². The number of H-pyrrole nitrogens is 1. The quantitative estimate of drug-likeness (QED) is 0.494. The molecule has 0 spiro atoms. The Labute approximate surface area is 177 Å². The van der Waals surface area contributed by atoms with Gasteiger partial charge in [0.15, 0.2) is 0 Å². The normalized spacial score (nSPS) is 14.5. The molecule has 152 valence electrons. The summed E-state index contributed by atoms with van der Waals surface area (Å²) in [5, 5.41) is 18.5. The van der Waals surface area contributed by atoms with Crippen LogP contribution in [0.2, 0.25) is 0 Å². The first-order chi connectivity index (χ1) is 14.3. The van der Waals surface area contributed by atoms with Crippen LogP contribution in [0.25, 0.3) is 0 Å². The lowest BCUT2D eigenvalue weighted by molar-refractivity contribution is -0.384. The number of anilines is 1. The van der Waals surface area contributed by atoms with E-state index in [9.17, 15) is 14.9 Å². The number of rotatable bonds is 4. The second-order valence-electron chi connectivity index (χ2n) is 7.07. The number of aromatic nitrogens is 2. The number of nitrogens with zero attached hydrogens (tertiary/aromatic N) is 4. The van der Waals surface area contributed by atoms with Crippen molar-refractivity contribution in [3.05, 3.63) is 69.0 Å². The van der Waals surface area contributed by atoms with E-state index in [-0.39, 0.29) is 17.3 Å². The van der Waals surface area contributed by atoms with Gasteiger partial charge < -0.3 is 4.90 Å². The van der Waals surface area contributed by atoms with Crippen molar-refractivity contribution in [1.82, 2.24) is 10.2 Å². The molecule has 0 radical (unpaired) electrons. The minimum Gasteiger partial charge on any atom is -0.309 e. The predicted octanol–water partition coefficient (Wildman–Crippen LogP) is 4.49. The highest BCUT2D eigenvalue weighted by Gasteiger charge is 2.35. The molecule has 3 aromatic rings. The molecule has 0 bridgehead atoms. The molecule has 0 saturated heterocycles. The smallest absolute Gasteiger partial charge is 0.277 e. The summed E-state index contributed by atoms with van der Waals surface area (Å²) in [4.78, 5) is 31.8. The molecule has 9 heteroatoms. The van der Waals surface area contributed by atoms with E-state index in [1.165, 1.54) is 28.8 Å². The van der Waals surface area contributed by atoms with Gasteiger partial charge in [-0.25, -0.2) is 4.99 Å². The topological polar surface area (TPSA) is 104 Å². The van der Waals surface area contributed by atoms with E-state index < -0.39 is 4.92 Å². The number of para-hydroxylation sites is 1. The molecular weight excluding hydrogens is 402 g/mol. The van der Waals surface area contributed by atoms with Gasteiger partial charge in [-0.3, -0.25) is 20.0 Å². The van der Waals surface area contributed by atoms with Crippen molar-refractivity contribution < 1.29 is 9.72 Å². The van der Waals surface area contributed by atoms with Gasteiger partial charge in [-0.05, 0) is 38.5 Å². The highest BCUT2D eigenvalue weighted by Crippen LogP contribution is 2.40. The van der Waals surface area contributed by atoms with Gasteiger partial charge in [0.1, 0.15) is 5.71 Å². The third kappa shape index (κ3) is 3.26. The van der Waals surface area contributed by atoms with Gasteiger partial charge in [0.05, 0.1) is 26.9 Å². The standard InChI is InChI=1S/C21H19N5O3S/c1-11-9-14(26(28)29)10-15-18(21(27)25(4)19(11)15)22-16-7-5-6-8-17(16)30-20-12(2)23-24-13(20)3/h5-10H,1-4H3,(H,23,24). The molecule has 2 aromatic carbocycles. The maximum absolute atomic E-state index is 12.9. The molecule has 1 amide bonds. The Morgan fingerprint density at radius 3 is 2.60 bits per heavy atom. The van der Waals surface area contributed by atoms with Gasteiger partial charge in [0, 0.05) is 35.3 Å². The molecule has 0 fully saturated rings. The number of nitro benzene ring substituents is 1. The van der Waals surface area contributed by atoms with E-state index in [4.69, 9.17) is 0 Å². The molecule has 1 N–H and O–H groups in total. The number of nitrogens with one attached hydrogen (secondary N) is 1. The fraction of sp³-hybridized carbons (Fsp3) is 0.190. The Morgan fingerprint density at radius 2 is 1.93 bits per heavy atom. The van der Waals surface area contributed by atoms with Crippen LogP contribution in [0.1, 0.15) is 22.5 Å². The summed E-state index contributed by atoms with van der Waals surface area (Å²) in [5.74, 6) is -0.288. The zero-order valence-corrected chi connectivity index (χ0v) is 17.7. The van der Waals surface area contributed by atoms with Crippen LogP contribution in [0, 0.1) is 30.9 Å². The van der Waals surface area contributed by atoms with Gasteiger partial charge in [-0.15, -0.1) is 0 Å². The second-order valence-corrected chi connectivity index (χ2v) is 8.13. The number of aliphatic imine (C=N–C) groups is 1. The SMILES string of the molecule is Cc1cc([N+](=O)[O-])cc2c1N(C)C(=O)C2=Nc1ccccc1Sc1c(C)n[nH]c1C. The van der Waals surface area contributed by atoms with Gasteiger partial charge in [-0.1, -0.05) is 23.9 Å². The summed E-state index contributed by atoms with van der Waals surface area (Å²) >= 11 is 1.52. The predicted molar refractivity (Wildman–Crippen MR) is 116 cm³/mol. The number of amides is 1. The zero-order chi connectivity index (χ0) is 21.6. The number of hydrogen-bond donors (Lipinski definition) is 1. The van der Waals surface area contributed by atoms with Crippen molar-refractivity contribution in [1.29, 1.82) is 0 Å². The van der Waals surface area contributed by atoms with Crippen LogP contribution in [-0.2, 0) is 4.79 Å². The number of hydrogen-bond acceptors (Lipinski definition) is 6. The van der Waals surface area contributed by atoms with E-state index in [1.54, 1.807) is 14.0 Å². The molecule has 0 unspecified atom stereocenters. The maximum atomic E-state index is 12.9. The summed E-state index contributed by atoms with van der Waals surface area (Å²) < 4.78 is 0. The van der Waals surface area contributed by atoms with Crippen molar-refractivity contribution in [3.8, 4) is 0 Å². The third-order valence-corrected chi connectivity index (χ3v) is 6.33. The molecule has 8 nitrogen and oxygen atoms in total. The van der Waals surface area contributed by atoms with Crippen LogP contribution in [-0.4, -0.2) is 33.8 Å². The number of aromatic amines is 1. The first kappa shape index (κ1) is 19.8. The van der Waals surface area contributed by atoms with E-state index >= 15 is 0 Å². The fourth-order valence-corrected chi connectivity index (χ4v) is 4.51. The number of carbonyl (C=O) groups excluding carboxylic acids is 1. The Hall–Kier alpha value is -3.46. The van der Waals surface area contributed by atoms with E-state index in [2.05, 4.69) is 15.2 Å². The minimum absolute atomic E-state index is 0.0608. The molecule has 0 aliphatic carbocycles. The van der Waals surface area contributed by atoms with Gasteiger partial charge >= 0.3 is 0 Å². The lowest BCUT2D eigenvalue weighted by atomic mass is 10.1. The average molecular weight is 421 g/mol. The Kier molecular flexibility index (Phi) is 4.90. The van der Waals surface area contributed by atoms with Crippen LogP contribution in [0.4, 0.5) is 17.1 Å². The zero-order valence-electron chi connectivity index (χ0n) is 16.9. The molecular formula is C21H19N5O3S. The molecule has 4 rings (SSSR count). The van der Waals surface area contributed by atoms with Crippen LogP contribution in [0.5, 0.6) is 0 Å². The van der Waals surface area contributed by atoms with Crippen LogP contribution in [0.3, 0.4) is 0 Å². The molecule has 0 atom stereocenters. The third-order valence-electron chi connectivity index (χ3n) is 4.96. The molecule has 1 aliphatic rings. The number of carbonyl (C=O) groups is 1. The van der Waals surface area contributed by atoms with Gasteiger partial charge in [0.25, 0.3) is 11.6 Å². The highest BCUT2D eigenvalue weighted by atomic mass is 32.2. The fourth-order valence-electron chi connectivity index (χ4n) is 3.53. The molecule has 30 heavy (non-hydrogen) atoms. The van der Waals surface area contributed by atoms with Crippen molar-refractivity contribution in [3.63, 3.8) is 0 Å². The summed E-state index contributed by atoms with van der Waals surface area (Å²) in [6.45, 7) is 5.63. The monoisotopic (exact) mass is 421 g/mol. The lowest BCUT2D eigenvalue weighted by Crippen LogP contribution is -2.25. The summed E-state index contributed by atoms with van der Waals surface area (Å²) in [6, 6.07) is 10.4. The Morgan fingerprint density at radius 1 is 1.20 bits per heavy atom. The number of benzene rings is 2. The largest absolute Gasteiger partial charge is 0.309 e. The Balaban J connectivity index is 1.84. The second kappa shape index (κ2) is 7.42. The number of fused-ring (bicyclic) bond motifs is 1. The summed E-state index contributed by atoms with van der Waals surface area (Å²) in [6.07, 6.45) is 0. The van der Waals surface area contributed by atoms with Crippen molar-refractivity contribution in [2.24, 2.45) is 4.99 Å². The number of non-ortho nitro benzene ring substituents is 1. The van der Waals surface area contributed by atoms with Crippen molar-refractivity contribution in [2.75, 3.05) is 11.9 Å². The number of aryl methyl sites for hydroxylation is 3. The van der Waals surface area contributed by atoms with E-state index in [0.717, 1.165) is 21.2 Å². The lowest BCUT2D eigenvalue weighted by Gasteiger charge is -2.11. The average Bonchev–Trinajstić information content (AvgIpc) is 3.15.